The van der Waals surface area contributed by atoms with Crippen molar-refractivity contribution in [2.45, 2.75) is 45.6 Å². The molecule has 0 saturated heterocycles. The monoisotopic (exact) mass is 323 g/mol. The zero-order valence-electron chi connectivity index (χ0n) is 13.1. The summed E-state index contributed by atoms with van der Waals surface area (Å²) in [5, 5.41) is 0. The van der Waals surface area contributed by atoms with Gasteiger partial charge in [-0.25, -0.2) is 0 Å². The smallest absolute Gasteiger partial charge is 0.267 e. The first-order chi connectivity index (χ1) is 10.6. The van der Waals surface area contributed by atoms with Crippen LogP contribution in [0.4, 0.5) is 5.69 Å². The van der Waals surface area contributed by atoms with Crippen molar-refractivity contribution >= 4 is 29.0 Å². The average molecular weight is 324 g/mol. The number of ether oxygens (including phenoxy) is 1. The van der Waals surface area contributed by atoms with Gasteiger partial charge >= 0.3 is 0 Å². The summed E-state index contributed by atoms with van der Waals surface area (Å²) in [5.74, 6) is 0.371. The van der Waals surface area contributed by atoms with Gasteiger partial charge in [0.15, 0.2) is 11.9 Å². The average Bonchev–Trinajstić information content (AvgIpc) is 2.53. The minimum Gasteiger partial charge on any atom is -0.479 e. The molecule has 0 aliphatic carbocycles. The summed E-state index contributed by atoms with van der Waals surface area (Å²) in [7, 11) is 0. The normalized spacial score (nSPS) is 17.1. The fourth-order valence-corrected chi connectivity index (χ4v) is 2.74. The van der Waals surface area contributed by atoms with Crippen molar-refractivity contribution in [1.29, 1.82) is 0 Å². The second-order valence-electron chi connectivity index (χ2n) is 5.55. The highest BCUT2D eigenvalue weighted by molar-refractivity contribution is 6.30. The predicted octanol–water partition coefficient (Wildman–Crippen LogP) is 3.80. The molecule has 5 heteroatoms. The molecule has 1 aromatic rings. The lowest BCUT2D eigenvalue weighted by molar-refractivity contribution is -0.125. The molecule has 0 N–H and O–H groups in total. The Kier molecular flexibility index (Phi) is 5.83. The van der Waals surface area contributed by atoms with Crippen molar-refractivity contribution in [1.82, 2.24) is 0 Å². The molecule has 0 fully saturated rings. The number of alkyl halides is 1. The number of anilines is 1. The highest BCUT2D eigenvalue weighted by atomic mass is 35.5. The Bertz CT molecular complexity index is 559. The lowest BCUT2D eigenvalue weighted by Crippen LogP contribution is -2.45. The van der Waals surface area contributed by atoms with Crippen LogP contribution < -0.4 is 9.64 Å². The van der Waals surface area contributed by atoms with E-state index in [1.54, 1.807) is 30.0 Å². The van der Waals surface area contributed by atoms with E-state index in [0.717, 1.165) is 25.7 Å². The lowest BCUT2D eigenvalue weighted by Gasteiger charge is -2.33. The molecule has 1 unspecified atom stereocenters. The van der Waals surface area contributed by atoms with Gasteiger partial charge in [-0.15, -0.1) is 11.6 Å². The van der Waals surface area contributed by atoms with Gasteiger partial charge in [0.2, 0.25) is 0 Å². The van der Waals surface area contributed by atoms with Crippen LogP contribution in [0.25, 0.3) is 0 Å². The number of halogens is 1. The Morgan fingerprint density at radius 2 is 2.09 bits per heavy atom. The van der Waals surface area contributed by atoms with Crippen molar-refractivity contribution in [3.8, 4) is 5.75 Å². The SMILES string of the molecule is CCCCCCN1C(=O)C(C)Oc2ccc(C(=O)CCl)cc21. The van der Waals surface area contributed by atoms with Gasteiger partial charge in [0.25, 0.3) is 5.91 Å². The van der Waals surface area contributed by atoms with Gasteiger partial charge in [-0.3, -0.25) is 9.59 Å². The number of benzene rings is 1. The molecule has 120 valence electrons. The van der Waals surface area contributed by atoms with E-state index in [1.807, 2.05) is 0 Å². The van der Waals surface area contributed by atoms with Crippen LogP contribution in [0.2, 0.25) is 0 Å². The van der Waals surface area contributed by atoms with Gasteiger partial charge in [-0.1, -0.05) is 26.2 Å². The molecule has 0 saturated carbocycles. The summed E-state index contributed by atoms with van der Waals surface area (Å²) in [6, 6.07) is 5.15. The number of amides is 1. The second kappa shape index (κ2) is 7.63. The van der Waals surface area contributed by atoms with Gasteiger partial charge in [-0.05, 0) is 31.5 Å². The van der Waals surface area contributed by atoms with Crippen LogP contribution in [0, 0.1) is 0 Å². The molecule has 22 heavy (non-hydrogen) atoms. The zero-order chi connectivity index (χ0) is 16.1. The van der Waals surface area contributed by atoms with Gasteiger partial charge in [-0.2, -0.15) is 0 Å². The molecule has 1 aliphatic heterocycles. The van der Waals surface area contributed by atoms with Gasteiger partial charge in [0.05, 0.1) is 11.6 Å². The summed E-state index contributed by atoms with van der Waals surface area (Å²) < 4.78 is 5.63. The third kappa shape index (κ3) is 3.61. The largest absolute Gasteiger partial charge is 0.479 e. The summed E-state index contributed by atoms with van der Waals surface area (Å²) in [6.07, 6.45) is 3.85. The van der Waals surface area contributed by atoms with Gasteiger partial charge < -0.3 is 9.64 Å². The molecule has 0 radical (unpaired) electrons. The van der Waals surface area contributed by atoms with Crippen molar-refractivity contribution in [2.24, 2.45) is 0 Å². The quantitative estimate of drug-likeness (QED) is 0.435. The molecular weight excluding hydrogens is 302 g/mol. The van der Waals surface area contributed by atoms with Crippen LogP contribution in [0.3, 0.4) is 0 Å². The van der Waals surface area contributed by atoms with Crippen LogP contribution in [-0.2, 0) is 4.79 Å². The molecule has 0 aromatic heterocycles. The number of ketones is 1. The Labute approximate surface area is 136 Å². The minimum absolute atomic E-state index is 0.0560. The molecule has 1 aromatic carbocycles. The van der Waals surface area contributed by atoms with Crippen molar-refractivity contribution in [2.75, 3.05) is 17.3 Å². The molecule has 2 rings (SSSR count). The summed E-state index contributed by atoms with van der Waals surface area (Å²) in [5.41, 5.74) is 1.19. The Morgan fingerprint density at radius 1 is 1.32 bits per heavy atom. The number of rotatable bonds is 7. The molecule has 4 nitrogen and oxygen atoms in total. The van der Waals surface area contributed by atoms with E-state index >= 15 is 0 Å². The maximum absolute atomic E-state index is 12.4. The molecule has 1 aliphatic rings. The highest BCUT2D eigenvalue weighted by Gasteiger charge is 2.31. The second-order valence-corrected chi connectivity index (χ2v) is 5.82. The van der Waals surface area contributed by atoms with E-state index < -0.39 is 6.10 Å². The van der Waals surface area contributed by atoms with Crippen LogP contribution in [-0.4, -0.2) is 30.2 Å². The van der Waals surface area contributed by atoms with E-state index in [0.29, 0.717) is 23.5 Å². The zero-order valence-corrected chi connectivity index (χ0v) is 13.9. The predicted molar refractivity (Wildman–Crippen MR) is 88.1 cm³/mol. The topological polar surface area (TPSA) is 46.6 Å². The maximum Gasteiger partial charge on any atom is 0.267 e. The van der Waals surface area contributed by atoms with Crippen molar-refractivity contribution in [3.05, 3.63) is 23.8 Å². The van der Waals surface area contributed by atoms with Crippen LogP contribution >= 0.6 is 11.6 Å². The number of unbranched alkanes of at least 4 members (excludes halogenated alkanes) is 3. The number of carbonyl (C=O) groups excluding carboxylic acids is 2. The fourth-order valence-electron chi connectivity index (χ4n) is 2.58. The summed E-state index contributed by atoms with van der Waals surface area (Å²) >= 11 is 5.61. The Hall–Kier alpha value is -1.55. The number of hydrogen-bond donors (Lipinski definition) is 0. The molecule has 0 spiro atoms. The van der Waals surface area contributed by atoms with Crippen molar-refractivity contribution < 1.29 is 14.3 Å². The lowest BCUT2D eigenvalue weighted by atomic mass is 10.1. The number of carbonyl (C=O) groups is 2. The molecule has 1 atom stereocenters. The third-order valence-electron chi connectivity index (χ3n) is 3.85. The number of hydrogen-bond acceptors (Lipinski definition) is 3. The first kappa shape index (κ1) is 16.8. The molecule has 0 bridgehead atoms. The van der Waals surface area contributed by atoms with E-state index in [1.165, 1.54) is 0 Å². The first-order valence-corrected chi connectivity index (χ1v) is 8.33. The van der Waals surface area contributed by atoms with E-state index in [4.69, 9.17) is 16.3 Å². The highest BCUT2D eigenvalue weighted by Crippen LogP contribution is 2.35. The Balaban J connectivity index is 2.25. The minimum atomic E-state index is -0.492. The third-order valence-corrected chi connectivity index (χ3v) is 4.09. The molecule has 1 heterocycles. The maximum atomic E-state index is 12.4. The number of fused-ring (bicyclic) bond motifs is 1. The van der Waals surface area contributed by atoms with E-state index in [2.05, 4.69) is 6.92 Å². The van der Waals surface area contributed by atoms with Gasteiger partial charge in [0.1, 0.15) is 5.75 Å². The van der Waals surface area contributed by atoms with Crippen molar-refractivity contribution in [3.63, 3.8) is 0 Å². The van der Waals surface area contributed by atoms with Gasteiger partial charge in [0, 0.05) is 12.1 Å². The number of nitrogens with zero attached hydrogens (tertiary/aromatic N) is 1. The van der Waals surface area contributed by atoms with E-state index in [-0.39, 0.29) is 17.6 Å². The number of Topliss-reactive ketones (excluding diaryl/α,β-unsaturated/α-hetero) is 1. The summed E-state index contributed by atoms with van der Waals surface area (Å²) in [6.45, 7) is 4.56. The first-order valence-electron chi connectivity index (χ1n) is 7.79. The molecular formula is C17H22ClNO3. The van der Waals surface area contributed by atoms with E-state index in [9.17, 15) is 9.59 Å². The summed E-state index contributed by atoms with van der Waals surface area (Å²) in [4.78, 5) is 25.9. The van der Waals surface area contributed by atoms with Crippen LogP contribution in [0.1, 0.15) is 49.9 Å². The standard InChI is InChI=1S/C17H22ClNO3/c1-3-4-5-6-9-19-14-10-13(15(20)11-18)7-8-16(14)22-12(2)17(19)21/h7-8,10,12H,3-6,9,11H2,1-2H3. The van der Waals surface area contributed by atoms with Crippen LogP contribution in [0.5, 0.6) is 5.75 Å². The Morgan fingerprint density at radius 3 is 2.77 bits per heavy atom. The van der Waals surface area contributed by atoms with Crippen LogP contribution in [0.15, 0.2) is 18.2 Å². The fraction of sp³-hybridized carbons (Fsp3) is 0.529. The molecule has 1 amide bonds.